The van der Waals surface area contributed by atoms with Gasteiger partial charge < -0.3 is 24.6 Å². The summed E-state index contributed by atoms with van der Waals surface area (Å²) in [6, 6.07) is 0. The molecule has 0 radical (unpaired) electrons. The van der Waals surface area contributed by atoms with Crippen LogP contribution < -0.4 is 0 Å². The van der Waals surface area contributed by atoms with Crippen LogP contribution in [0.25, 0.3) is 0 Å². The van der Waals surface area contributed by atoms with E-state index in [0.29, 0.717) is 13.0 Å². The summed E-state index contributed by atoms with van der Waals surface area (Å²) in [6.07, 6.45) is 49.4. The quantitative estimate of drug-likeness (QED) is 0.0238. The van der Waals surface area contributed by atoms with Crippen LogP contribution in [0.3, 0.4) is 0 Å². The van der Waals surface area contributed by atoms with E-state index in [2.05, 4.69) is 62.5 Å². The molecule has 0 fully saturated rings. The van der Waals surface area contributed by atoms with Gasteiger partial charge in [0.05, 0.1) is 26.4 Å². The van der Waals surface area contributed by atoms with Crippen molar-refractivity contribution in [3.05, 3.63) is 48.6 Å². The molecule has 3 unspecified atom stereocenters. The Labute approximate surface area is 349 Å². The average molecular weight is 827 g/mol. The Morgan fingerprint density at radius 2 is 1.00 bits per heavy atom. The molecular formula is C47H87O9P. The maximum absolute atomic E-state index is 12.6. The highest BCUT2D eigenvalue weighted by Gasteiger charge is 2.26. The molecule has 0 amide bonds. The molecule has 0 aromatic carbocycles. The maximum Gasteiger partial charge on any atom is 0.472 e. The fourth-order valence-electron chi connectivity index (χ4n) is 6.29. The number of aliphatic hydroxyl groups is 2. The summed E-state index contributed by atoms with van der Waals surface area (Å²) in [5.74, 6) is -0.421. The fraction of sp³-hybridized carbons (Fsp3) is 0.809. The van der Waals surface area contributed by atoms with E-state index in [0.717, 1.165) is 57.8 Å². The molecule has 0 aromatic rings. The van der Waals surface area contributed by atoms with Gasteiger partial charge in [0.25, 0.3) is 0 Å². The number of allylic oxidation sites excluding steroid dienone is 8. The summed E-state index contributed by atoms with van der Waals surface area (Å²) in [5, 5.41) is 18.4. The Morgan fingerprint density at radius 1 is 0.561 bits per heavy atom. The van der Waals surface area contributed by atoms with Gasteiger partial charge in [-0.05, 0) is 51.4 Å². The molecular weight excluding hydrogens is 739 g/mol. The van der Waals surface area contributed by atoms with E-state index in [1.54, 1.807) is 0 Å². The summed E-state index contributed by atoms with van der Waals surface area (Å²) in [7, 11) is -4.53. The Balaban J connectivity index is 4.13. The SMILES string of the molecule is CC/C=C\C/C=C\C/C=C\C/C=C\CCCCC(=O)OC(COCCCCCCCCCCCCCCCCCCCCCCC)COP(=O)(O)OCC(O)CO. The van der Waals surface area contributed by atoms with E-state index in [1.807, 2.05) is 0 Å². The molecule has 0 bridgehead atoms. The first-order chi connectivity index (χ1) is 27.8. The Hall–Kier alpha value is -1.58. The van der Waals surface area contributed by atoms with E-state index in [4.69, 9.17) is 23.6 Å². The lowest BCUT2D eigenvalue weighted by Gasteiger charge is -2.20. The fourth-order valence-corrected chi connectivity index (χ4v) is 7.08. The highest BCUT2D eigenvalue weighted by atomic mass is 31.2. The zero-order valence-corrected chi connectivity index (χ0v) is 37.4. The minimum atomic E-state index is -4.53. The summed E-state index contributed by atoms with van der Waals surface area (Å²) >= 11 is 0. The minimum Gasteiger partial charge on any atom is -0.457 e. The zero-order chi connectivity index (χ0) is 41.8. The number of carbonyl (C=O) groups excluding carboxylic acids is 1. The van der Waals surface area contributed by atoms with E-state index in [1.165, 1.54) is 116 Å². The number of ether oxygens (including phenoxy) is 2. The first-order valence-electron chi connectivity index (χ1n) is 23.1. The lowest BCUT2D eigenvalue weighted by atomic mass is 10.0. The summed E-state index contributed by atoms with van der Waals surface area (Å²) < 4.78 is 33.4. The number of hydrogen-bond acceptors (Lipinski definition) is 8. The summed E-state index contributed by atoms with van der Waals surface area (Å²) in [4.78, 5) is 22.6. The van der Waals surface area contributed by atoms with Gasteiger partial charge >= 0.3 is 13.8 Å². The third kappa shape index (κ3) is 43.8. The number of aliphatic hydroxyl groups excluding tert-OH is 2. The van der Waals surface area contributed by atoms with Gasteiger partial charge in [-0.25, -0.2) is 4.57 Å². The van der Waals surface area contributed by atoms with Gasteiger partial charge in [0.15, 0.2) is 0 Å². The van der Waals surface area contributed by atoms with Crippen molar-refractivity contribution in [1.29, 1.82) is 0 Å². The van der Waals surface area contributed by atoms with E-state index in [-0.39, 0.29) is 13.0 Å². The number of esters is 1. The molecule has 0 saturated heterocycles. The Morgan fingerprint density at radius 3 is 1.47 bits per heavy atom. The monoisotopic (exact) mass is 827 g/mol. The normalized spacial score (nSPS) is 14.4. The predicted octanol–water partition coefficient (Wildman–Crippen LogP) is 13.0. The summed E-state index contributed by atoms with van der Waals surface area (Å²) in [5.41, 5.74) is 0. The van der Waals surface area contributed by atoms with Crippen LogP contribution in [0.1, 0.15) is 200 Å². The van der Waals surface area contributed by atoms with E-state index < -0.39 is 45.8 Å². The van der Waals surface area contributed by atoms with E-state index >= 15 is 0 Å². The van der Waals surface area contributed by atoms with Crippen molar-refractivity contribution in [1.82, 2.24) is 0 Å². The molecule has 3 N–H and O–H groups in total. The van der Waals surface area contributed by atoms with Crippen molar-refractivity contribution in [2.75, 3.05) is 33.0 Å². The molecule has 0 saturated carbocycles. The lowest BCUT2D eigenvalue weighted by Crippen LogP contribution is -2.29. The van der Waals surface area contributed by atoms with Gasteiger partial charge in [-0.3, -0.25) is 13.8 Å². The number of carbonyl (C=O) groups is 1. The Kier molecular flexibility index (Phi) is 42.8. The number of rotatable bonds is 44. The van der Waals surface area contributed by atoms with Crippen LogP contribution in [0, 0.1) is 0 Å². The molecule has 0 aliphatic carbocycles. The second-order valence-corrected chi connectivity index (χ2v) is 16.9. The largest absolute Gasteiger partial charge is 0.472 e. The molecule has 334 valence electrons. The number of phosphoric ester groups is 1. The summed E-state index contributed by atoms with van der Waals surface area (Å²) in [6.45, 7) is 3.37. The molecule has 9 nitrogen and oxygen atoms in total. The van der Waals surface area contributed by atoms with Crippen molar-refractivity contribution in [2.24, 2.45) is 0 Å². The van der Waals surface area contributed by atoms with Gasteiger partial charge in [0.1, 0.15) is 12.2 Å². The molecule has 0 heterocycles. The standard InChI is InChI=1S/C47H87O9P/c1-3-5-7-9-11-13-15-17-19-20-21-22-23-24-26-28-30-32-34-36-38-40-53-43-46(44-55-57(51,52)54-42-45(49)41-48)56-47(50)39-37-35-33-31-29-27-25-18-16-14-12-10-8-6-4-2/h6,8,12,14,18,25,29,31,45-46,48-49H,3-5,7,9-11,13,15-17,19-24,26-28,30,32-44H2,1-2H3,(H,51,52)/b8-6-,14-12-,25-18-,31-29-. The van der Waals surface area contributed by atoms with Gasteiger partial charge in [0.2, 0.25) is 0 Å². The number of phosphoric acid groups is 1. The molecule has 0 spiro atoms. The van der Waals surface area contributed by atoms with Crippen molar-refractivity contribution < 1.29 is 43.0 Å². The van der Waals surface area contributed by atoms with Crippen molar-refractivity contribution in [2.45, 2.75) is 212 Å². The Bertz CT molecular complexity index is 1030. The van der Waals surface area contributed by atoms with Crippen LogP contribution >= 0.6 is 7.82 Å². The number of hydrogen-bond donors (Lipinski definition) is 3. The first kappa shape index (κ1) is 55.4. The third-order valence-electron chi connectivity index (χ3n) is 9.78. The molecule has 57 heavy (non-hydrogen) atoms. The molecule has 0 rings (SSSR count). The average Bonchev–Trinajstić information content (AvgIpc) is 3.20. The van der Waals surface area contributed by atoms with E-state index in [9.17, 15) is 19.4 Å². The van der Waals surface area contributed by atoms with Gasteiger partial charge in [-0.1, -0.05) is 191 Å². The van der Waals surface area contributed by atoms with Gasteiger partial charge in [0, 0.05) is 13.0 Å². The smallest absolute Gasteiger partial charge is 0.457 e. The van der Waals surface area contributed by atoms with Crippen LogP contribution in [0.2, 0.25) is 0 Å². The molecule has 3 atom stereocenters. The van der Waals surface area contributed by atoms with Crippen molar-refractivity contribution in [3.63, 3.8) is 0 Å². The molecule has 0 aliphatic heterocycles. The maximum atomic E-state index is 12.6. The number of unbranched alkanes of at least 4 members (excludes halogenated alkanes) is 22. The highest BCUT2D eigenvalue weighted by molar-refractivity contribution is 7.47. The zero-order valence-electron chi connectivity index (χ0n) is 36.6. The van der Waals surface area contributed by atoms with Gasteiger partial charge in [-0.2, -0.15) is 0 Å². The molecule has 0 aromatic heterocycles. The minimum absolute atomic E-state index is 0.0339. The molecule has 0 aliphatic rings. The highest BCUT2D eigenvalue weighted by Crippen LogP contribution is 2.43. The lowest BCUT2D eigenvalue weighted by molar-refractivity contribution is -0.154. The third-order valence-corrected chi connectivity index (χ3v) is 10.7. The van der Waals surface area contributed by atoms with Crippen LogP contribution in [0.15, 0.2) is 48.6 Å². The topological polar surface area (TPSA) is 132 Å². The second-order valence-electron chi connectivity index (χ2n) is 15.4. The van der Waals surface area contributed by atoms with Crippen LogP contribution in [-0.4, -0.2) is 66.3 Å². The van der Waals surface area contributed by atoms with Crippen molar-refractivity contribution in [3.8, 4) is 0 Å². The van der Waals surface area contributed by atoms with Crippen LogP contribution in [-0.2, 0) is 27.9 Å². The van der Waals surface area contributed by atoms with Crippen molar-refractivity contribution >= 4 is 13.8 Å². The second kappa shape index (κ2) is 44.0. The first-order valence-corrected chi connectivity index (χ1v) is 24.6. The van der Waals surface area contributed by atoms with Crippen LogP contribution in [0.5, 0.6) is 0 Å². The van der Waals surface area contributed by atoms with Gasteiger partial charge in [-0.15, -0.1) is 0 Å². The van der Waals surface area contributed by atoms with Crippen LogP contribution in [0.4, 0.5) is 0 Å². The molecule has 10 heteroatoms. The predicted molar refractivity (Wildman–Crippen MR) is 237 cm³/mol.